The number of amides is 3. The van der Waals surface area contributed by atoms with Crippen LogP contribution in [0, 0.1) is 13.8 Å². The highest BCUT2D eigenvalue weighted by molar-refractivity contribution is 8.01. The molecule has 4 atom stereocenters. The van der Waals surface area contributed by atoms with Crippen LogP contribution in [0.1, 0.15) is 39.7 Å². The Balaban J connectivity index is 1.35. The van der Waals surface area contributed by atoms with Crippen molar-refractivity contribution < 1.29 is 29.0 Å². The standard InChI is InChI=1S/C29H31N3O6S/c1-17-21(10-7-11-23(17)33)26(35)30-22(14-19-8-5-4-6-9-19)24(34)27(36)31-16-39-29(3)25(31)28(37)32(29)15-20-12-13-38-18(20)2/h4-13,22,24-25,33-34H,14-16H2,1-3H3,(H,30,35)/t22-,24-,25+,29?/m0/s1. The van der Waals surface area contributed by atoms with Crippen molar-refractivity contribution >= 4 is 29.5 Å². The number of rotatable bonds is 8. The van der Waals surface area contributed by atoms with Crippen LogP contribution in [0.15, 0.2) is 65.3 Å². The Labute approximate surface area is 230 Å². The minimum Gasteiger partial charge on any atom is -0.508 e. The molecular formula is C29H31N3O6S. The van der Waals surface area contributed by atoms with E-state index in [0.717, 1.165) is 16.9 Å². The summed E-state index contributed by atoms with van der Waals surface area (Å²) in [6.45, 7) is 5.76. The van der Waals surface area contributed by atoms with Gasteiger partial charge >= 0.3 is 0 Å². The molecule has 39 heavy (non-hydrogen) atoms. The fraction of sp³-hybridized carbons (Fsp3) is 0.345. The zero-order chi connectivity index (χ0) is 27.9. The van der Waals surface area contributed by atoms with Crippen LogP contribution < -0.4 is 5.32 Å². The number of carbonyl (C=O) groups excluding carboxylic acids is 3. The van der Waals surface area contributed by atoms with Crippen molar-refractivity contribution in [1.29, 1.82) is 0 Å². The molecule has 0 bridgehead atoms. The van der Waals surface area contributed by atoms with Gasteiger partial charge in [-0.25, -0.2) is 0 Å². The summed E-state index contributed by atoms with van der Waals surface area (Å²) in [4.78, 5) is 42.6. The number of hydrogen-bond acceptors (Lipinski definition) is 7. The van der Waals surface area contributed by atoms with Crippen LogP contribution in [0.5, 0.6) is 5.75 Å². The molecule has 3 amide bonds. The Morgan fingerprint density at radius 3 is 2.59 bits per heavy atom. The summed E-state index contributed by atoms with van der Waals surface area (Å²) in [5.41, 5.74) is 2.37. The van der Waals surface area contributed by atoms with Crippen molar-refractivity contribution in [3.8, 4) is 5.75 Å². The molecule has 2 aliphatic rings. The number of aryl methyl sites for hydroxylation is 1. The molecule has 1 aromatic heterocycles. The zero-order valence-electron chi connectivity index (χ0n) is 22.0. The first-order valence-corrected chi connectivity index (χ1v) is 13.7. The number of furan rings is 1. The van der Waals surface area contributed by atoms with Gasteiger partial charge in [0.2, 0.25) is 5.91 Å². The van der Waals surface area contributed by atoms with Gasteiger partial charge in [0.25, 0.3) is 11.8 Å². The molecule has 2 fully saturated rings. The van der Waals surface area contributed by atoms with E-state index in [1.807, 2.05) is 50.2 Å². The minimum absolute atomic E-state index is 0.0223. The number of phenolic OH excluding ortho intramolecular Hbond substituents is 1. The van der Waals surface area contributed by atoms with Crippen molar-refractivity contribution in [3.63, 3.8) is 0 Å². The lowest BCUT2D eigenvalue weighted by atomic mass is 9.92. The molecule has 2 aromatic carbocycles. The maximum atomic E-state index is 13.7. The van der Waals surface area contributed by atoms with Crippen molar-refractivity contribution in [2.24, 2.45) is 0 Å². The first kappa shape index (κ1) is 26.8. The lowest BCUT2D eigenvalue weighted by molar-refractivity contribution is -0.168. The highest BCUT2D eigenvalue weighted by Gasteiger charge is 2.65. The predicted octanol–water partition coefficient (Wildman–Crippen LogP) is 2.96. The molecule has 3 heterocycles. The monoisotopic (exact) mass is 549 g/mol. The van der Waals surface area contributed by atoms with E-state index in [0.29, 0.717) is 12.1 Å². The number of β-lactam (4-membered cyclic amide) rings is 1. The van der Waals surface area contributed by atoms with E-state index in [2.05, 4.69) is 5.32 Å². The summed E-state index contributed by atoms with van der Waals surface area (Å²) in [5.74, 6) is -0.367. The second kappa shape index (κ2) is 10.4. The molecule has 2 saturated heterocycles. The molecule has 0 spiro atoms. The summed E-state index contributed by atoms with van der Waals surface area (Å²) >= 11 is 1.47. The number of fused-ring (bicyclic) bond motifs is 1. The molecule has 1 unspecified atom stereocenters. The normalized spacial score (nSPS) is 21.7. The topological polar surface area (TPSA) is 123 Å². The molecule has 9 nitrogen and oxygen atoms in total. The second-order valence-corrected chi connectivity index (χ2v) is 11.5. The van der Waals surface area contributed by atoms with Gasteiger partial charge in [-0.3, -0.25) is 14.4 Å². The smallest absolute Gasteiger partial charge is 0.255 e. The number of nitrogens with zero attached hydrogens (tertiary/aromatic N) is 2. The van der Waals surface area contributed by atoms with Gasteiger partial charge in [0, 0.05) is 16.7 Å². The van der Waals surface area contributed by atoms with Gasteiger partial charge in [-0.1, -0.05) is 36.4 Å². The van der Waals surface area contributed by atoms with E-state index in [1.165, 1.54) is 22.7 Å². The summed E-state index contributed by atoms with van der Waals surface area (Å²) in [7, 11) is 0. The number of phenols is 1. The maximum Gasteiger partial charge on any atom is 0.255 e. The predicted molar refractivity (Wildman–Crippen MR) is 146 cm³/mol. The molecule has 3 N–H and O–H groups in total. The molecule has 0 radical (unpaired) electrons. The Kier molecular flexibility index (Phi) is 7.17. The molecular weight excluding hydrogens is 518 g/mol. The number of carbonyl (C=O) groups is 3. The largest absolute Gasteiger partial charge is 0.508 e. The van der Waals surface area contributed by atoms with E-state index in [1.54, 1.807) is 30.2 Å². The maximum absolute atomic E-state index is 13.7. The molecule has 204 valence electrons. The van der Waals surface area contributed by atoms with Crippen molar-refractivity contribution in [1.82, 2.24) is 15.1 Å². The van der Waals surface area contributed by atoms with Crippen LogP contribution in [0.4, 0.5) is 0 Å². The first-order chi connectivity index (χ1) is 18.6. The number of aliphatic hydroxyl groups excluding tert-OH is 1. The molecule has 3 aromatic rings. The van der Waals surface area contributed by atoms with E-state index in [-0.39, 0.29) is 29.5 Å². The van der Waals surface area contributed by atoms with Gasteiger partial charge in [-0.2, -0.15) is 0 Å². The minimum atomic E-state index is -1.59. The quantitative estimate of drug-likeness (QED) is 0.369. The molecule has 0 aliphatic carbocycles. The summed E-state index contributed by atoms with van der Waals surface area (Å²) in [6.07, 6.45) is 0.190. The van der Waals surface area contributed by atoms with Crippen molar-refractivity contribution in [2.75, 3.05) is 5.88 Å². The third kappa shape index (κ3) is 4.79. The Morgan fingerprint density at radius 2 is 1.90 bits per heavy atom. The first-order valence-electron chi connectivity index (χ1n) is 12.7. The van der Waals surface area contributed by atoms with Crippen LogP contribution in [-0.4, -0.2) is 66.7 Å². The van der Waals surface area contributed by atoms with E-state index < -0.39 is 34.9 Å². The molecule has 10 heteroatoms. The fourth-order valence-electron chi connectivity index (χ4n) is 5.27. The van der Waals surface area contributed by atoms with E-state index in [9.17, 15) is 24.6 Å². The van der Waals surface area contributed by atoms with Crippen LogP contribution >= 0.6 is 11.8 Å². The zero-order valence-corrected chi connectivity index (χ0v) is 22.8. The SMILES string of the molecule is Cc1occc1CN1C(=O)[C@H]2N(C(=O)[C@@H](O)[C@H](Cc3ccccc3)NC(=O)c3cccc(O)c3C)CSC21C. The number of benzene rings is 2. The van der Waals surface area contributed by atoms with Gasteiger partial charge in [0.1, 0.15) is 22.4 Å². The summed E-state index contributed by atoms with van der Waals surface area (Å²) < 4.78 is 5.37. The Bertz CT molecular complexity index is 1410. The van der Waals surface area contributed by atoms with Crippen molar-refractivity contribution in [2.45, 2.75) is 56.8 Å². The lowest BCUT2D eigenvalue weighted by Crippen LogP contribution is -2.73. The van der Waals surface area contributed by atoms with E-state index >= 15 is 0 Å². The number of aliphatic hydroxyl groups is 1. The highest BCUT2D eigenvalue weighted by atomic mass is 32.2. The van der Waals surface area contributed by atoms with Crippen LogP contribution in [0.2, 0.25) is 0 Å². The fourth-order valence-corrected chi connectivity index (χ4v) is 6.64. The van der Waals surface area contributed by atoms with Crippen LogP contribution in [-0.2, 0) is 22.6 Å². The second-order valence-electron chi connectivity index (χ2n) is 10.1. The van der Waals surface area contributed by atoms with Crippen LogP contribution in [0.3, 0.4) is 0 Å². The average Bonchev–Trinajstić information content (AvgIpc) is 3.48. The third-order valence-corrected chi connectivity index (χ3v) is 9.16. The molecule has 5 rings (SSSR count). The molecule has 2 aliphatic heterocycles. The van der Waals surface area contributed by atoms with Gasteiger partial charge < -0.3 is 29.7 Å². The number of likely N-dealkylation sites (tertiary alicyclic amines) is 1. The van der Waals surface area contributed by atoms with Gasteiger partial charge in [0.05, 0.1) is 24.7 Å². The summed E-state index contributed by atoms with van der Waals surface area (Å²) in [6, 6.07) is 14.0. The van der Waals surface area contributed by atoms with Crippen LogP contribution in [0.25, 0.3) is 0 Å². The lowest BCUT2D eigenvalue weighted by Gasteiger charge is -2.52. The third-order valence-electron chi connectivity index (χ3n) is 7.73. The Morgan fingerprint density at radius 1 is 1.15 bits per heavy atom. The molecule has 0 saturated carbocycles. The highest BCUT2D eigenvalue weighted by Crippen LogP contribution is 2.51. The van der Waals surface area contributed by atoms with E-state index in [4.69, 9.17) is 4.42 Å². The van der Waals surface area contributed by atoms with Gasteiger partial charge in [-0.15, -0.1) is 11.8 Å². The number of nitrogens with one attached hydrogen (secondary N) is 1. The van der Waals surface area contributed by atoms with Gasteiger partial charge in [-0.05, 0) is 51.0 Å². The average molecular weight is 550 g/mol. The van der Waals surface area contributed by atoms with Gasteiger partial charge in [0.15, 0.2) is 6.10 Å². The Hall–Kier alpha value is -3.76. The summed E-state index contributed by atoms with van der Waals surface area (Å²) in [5, 5.41) is 24.2. The number of hydrogen-bond donors (Lipinski definition) is 3. The number of aromatic hydroxyl groups is 1. The number of thioether (sulfide) groups is 1. The van der Waals surface area contributed by atoms with Crippen molar-refractivity contribution in [3.05, 3.63) is 88.9 Å².